The van der Waals surface area contributed by atoms with E-state index >= 15 is 0 Å². The molecule has 0 aliphatic rings. The lowest BCUT2D eigenvalue weighted by Gasteiger charge is -2.07. The van der Waals surface area contributed by atoms with Crippen molar-refractivity contribution in [2.75, 3.05) is 0 Å². The molecule has 3 nitrogen and oxygen atoms in total. The zero-order valence-electron chi connectivity index (χ0n) is 8.51. The van der Waals surface area contributed by atoms with Crippen molar-refractivity contribution < 1.29 is 8.42 Å². The number of hydrogen-bond acceptors (Lipinski definition) is 2. The van der Waals surface area contributed by atoms with Crippen LogP contribution in [-0.4, -0.2) is 12.4 Å². The minimum atomic E-state index is -3.50. The third kappa shape index (κ3) is 1.92. The summed E-state index contributed by atoms with van der Waals surface area (Å²) in [4.78, 5) is 0.267. The van der Waals surface area contributed by atoms with Crippen molar-refractivity contribution in [2.24, 2.45) is 0 Å². The number of halogens is 1. The van der Waals surface area contributed by atoms with Gasteiger partial charge in [0.2, 0.25) is 0 Å². The van der Waals surface area contributed by atoms with Gasteiger partial charge < -0.3 is 0 Å². The average Bonchev–Trinajstić information content (AvgIpc) is 2.66. The van der Waals surface area contributed by atoms with E-state index in [-0.39, 0.29) is 4.90 Å². The molecule has 16 heavy (non-hydrogen) atoms. The van der Waals surface area contributed by atoms with Crippen molar-refractivity contribution in [1.29, 1.82) is 0 Å². The van der Waals surface area contributed by atoms with Crippen LogP contribution in [0.2, 0.25) is 0 Å². The number of rotatable bonds is 2. The molecule has 0 unspecified atom stereocenters. The van der Waals surface area contributed by atoms with E-state index in [1.807, 2.05) is 6.92 Å². The van der Waals surface area contributed by atoms with E-state index in [9.17, 15) is 8.42 Å². The van der Waals surface area contributed by atoms with Crippen molar-refractivity contribution in [3.05, 3.63) is 52.8 Å². The van der Waals surface area contributed by atoms with E-state index in [0.717, 1.165) is 9.54 Å². The predicted octanol–water partition coefficient (Wildman–Crippen LogP) is 2.60. The molecule has 83 valence electrons. The van der Waals surface area contributed by atoms with Gasteiger partial charge in [-0.15, -0.1) is 0 Å². The highest BCUT2D eigenvalue weighted by atomic mass is 79.9. The van der Waals surface area contributed by atoms with Crippen molar-refractivity contribution in [3.8, 4) is 0 Å². The average molecular weight is 299 g/mol. The largest absolute Gasteiger partial charge is 0.268 e. The molecule has 1 aromatic carbocycles. The first-order valence-electron chi connectivity index (χ1n) is 4.58. The molecule has 2 rings (SSSR count). The number of benzene rings is 1. The highest BCUT2D eigenvalue weighted by Gasteiger charge is 2.17. The second kappa shape index (κ2) is 4.07. The van der Waals surface area contributed by atoms with Crippen LogP contribution in [0.1, 0.15) is 5.56 Å². The molecule has 0 N–H and O–H groups in total. The molecule has 0 saturated carbocycles. The number of aromatic nitrogens is 1. The SMILES string of the molecule is Cc1ccc(S(=O)(=O)n2c[c]cc2Br)cc1. The van der Waals surface area contributed by atoms with Crippen LogP contribution in [0.25, 0.3) is 0 Å². The van der Waals surface area contributed by atoms with E-state index in [2.05, 4.69) is 22.0 Å². The minimum absolute atomic E-state index is 0.267. The van der Waals surface area contributed by atoms with Crippen LogP contribution in [0.5, 0.6) is 0 Å². The highest BCUT2D eigenvalue weighted by molar-refractivity contribution is 9.10. The van der Waals surface area contributed by atoms with Crippen LogP contribution in [0.4, 0.5) is 0 Å². The normalized spacial score (nSPS) is 11.6. The Hall–Kier alpha value is -1.07. The second-order valence-electron chi connectivity index (χ2n) is 3.38. The van der Waals surface area contributed by atoms with Gasteiger partial charge in [-0.25, -0.2) is 12.4 Å². The Morgan fingerprint density at radius 3 is 2.38 bits per heavy atom. The van der Waals surface area contributed by atoms with Crippen LogP contribution < -0.4 is 0 Å². The lowest BCUT2D eigenvalue weighted by atomic mass is 10.2. The number of aryl methyl sites for hydroxylation is 1. The maximum atomic E-state index is 12.1. The third-order valence-electron chi connectivity index (χ3n) is 2.18. The molecule has 0 spiro atoms. The lowest BCUT2D eigenvalue weighted by molar-refractivity contribution is 0.586. The summed E-state index contributed by atoms with van der Waals surface area (Å²) in [6.45, 7) is 1.91. The molecule has 1 aromatic heterocycles. The first-order chi connectivity index (χ1) is 7.51. The summed E-state index contributed by atoms with van der Waals surface area (Å²) in [5.74, 6) is 0. The van der Waals surface area contributed by atoms with Crippen molar-refractivity contribution in [3.63, 3.8) is 0 Å². The van der Waals surface area contributed by atoms with Gasteiger partial charge in [0.05, 0.1) is 4.90 Å². The molecule has 5 heteroatoms. The zero-order valence-corrected chi connectivity index (χ0v) is 10.9. The fourth-order valence-electron chi connectivity index (χ4n) is 1.31. The fraction of sp³-hybridized carbons (Fsp3) is 0.0909. The monoisotopic (exact) mass is 298 g/mol. The van der Waals surface area contributed by atoms with Crippen LogP contribution in [0, 0.1) is 13.0 Å². The molecule has 1 radical (unpaired) electrons. The van der Waals surface area contributed by atoms with Crippen molar-refractivity contribution >= 4 is 26.0 Å². The summed E-state index contributed by atoms with van der Waals surface area (Å²) in [6, 6.07) is 11.0. The predicted molar refractivity (Wildman–Crippen MR) is 64.7 cm³/mol. The van der Waals surface area contributed by atoms with Gasteiger partial charge >= 0.3 is 0 Å². The van der Waals surface area contributed by atoms with Gasteiger partial charge in [0.1, 0.15) is 4.60 Å². The molecular formula is C11H9BrNO2S. The smallest absolute Gasteiger partial charge is 0.234 e. The maximum absolute atomic E-state index is 12.1. The molecular weight excluding hydrogens is 290 g/mol. The molecule has 0 fully saturated rings. The third-order valence-corrected chi connectivity index (χ3v) is 4.72. The Labute approximate surface area is 103 Å². The van der Waals surface area contributed by atoms with Crippen LogP contribution >= 0.6 is 15.9 Å². The summed E-state index contributed by atoms with van der Waals surface area (Å²) in [7, 11) is -3.50. The molecule has 0 saturated heterocycles. The molecule has 0 aliphatic heterocycles. The highest BCUT2D eigenvalue weighted by Crippen LogP contribution is 2.19. The summed E-state index contributed by atoms with van der Waals surface area (Å²) >= 11 is 3.17. The fourth-order valence-corrected chi connectivity index (χ4v) is 3.30. The number of hydrogen-bond donors (Lipinski definition) is 0. The Morgan fingerprint density at radius 1 is 1.25 bits per heavy atom. The minimum Gasteiger partial charge on any atom is -0.234 e. The number of nitrogens with zero attached hydrogens (tertiary/aromatic N) is 1. The standard InChI is InChI=1S/C11H9BrNO2S/c1-9-4-6-10(7-5-9)16(14,15)13-8-2-3-11(13)12/h3-8H,1H3. The van der Waals surface area contributed by atoms with Crippen LogP contribution in [-0.2, 0) is 10.0 Å². The molecule has 0 bridgehead atoms. The first kappa shape index (κ1) is 11.4. The van der Waals surface area contributed by atoms with E-state index in [1.165, 1.54) is 6.20 Å². The lowest BCUT2D eigenvalue weighted by Crippen LogP contribution is -2.11. The summed E-state index contributed by atoms with van der Waals surface area (Å²) in [5, 5.41) is 0. The summed E-state index contributed by atoms with van der Waals surface area (Å²) in [6.07, 6.45) is 1.39. The molecule has 0 amide bonds. The van der Waals surface area contributed by atoms with E-state index in [1.54, 1.807) is 30.3 Å². The summed E-state index contributed by atoms with van der Waals surface area (Å²) < 4.78 is 25.9. The van der Waals surface area contributed by atoms with Gasteiger partial charge in [-0.05, 0) is 41.1 Å². The van der Waals surface area contributed by atoms with Gasteiger partial charge in [0, 0.05) is 12.3 Å². The van der Waals surface area contributed by atoms with Gasteiger partial charge in [-0.1, -0.05) is 17.7 Å². The van der Waals surface area contributed by atoms with Crippen molar-refractivity contribution in [2.45, 2.75) is 11.8 Å². The topological polar surface area (TPSA) is 39.1 Å². The molecule has 1 heterocycles. The van der Waals surface area contributed by atoms with E-state index < -0.39 is 10.0 Å². The van der Waals surface area contributed by atoms with Crippen LogP contribution in [0.3, 0.4) is 0 Å². The Bertz CT molecular complexity index is 599. The Morgan fingerprint density at radius 2 is 1.88 bits per heavy atom. The van der Waals surface area contributed by atoms with Gasteiger partial charge in [-0.3, -0.25) is 0 Å². The zero-order chi connectivity index (χ0) is 11.8. The Kier molecular flexibility index (Phi) is 2.90. The van der Waals surface area contributed by atoms with Crippen LogP contribution in [0.15, 0.2) is 46.0 Å². The first-order valence-corrected chi connectivity index (χ1v) is 6.81. The van der Waals surface area contributed by atoms with Gasteiger partial charge in [0.15, 0.2) is 0 Å². The molecule has 2 aromatic rings. The maximum Gasteiger partial charge on any atom is 0.268 e. The quantitative estimate of drug-likeness (QED) is 0.855. The molecule has 0 aliphatic carbocycles. The molecule has 0 atom stereocenters. The van der Waals surface area contributed by atoms with E-state index in [0.29, 0.717) is 4.60 Å². The Balaban J connectivity index is 2.56. The van der Waals surface area contributed by atoms with Crippen molar-refractivity contribution in [1.82, 2.24) is 3.97 Å². The summed E-state index contributed by atoms with van der Waals surface area (Å²) in [5.41, 5.74) is 1.03. The van der Waals surface area contributed by atoms with Gasteiger partial charge in [-0.2, -0.15) is 0 Å². The van der Waals surface area contributed by atoms with Gasteiger partial charge in [0.25, 0.3) is 10.0 Å². The second-order valence-corrected chi connectivity index (χ2v) is 6.00. The van der Waals surface area contributed by atoms with E-state index in [4.69, 9.17) is 0 Å².